The van der Waals surface area contributed by atoms with Crippen molar-refractivity contribution in [3.63, 3.8) is 0 Å². The Kier molecular flexibility index (Phi) is 5.62. The maximum Gasteiger partial charge on any atom is 0.317 e. The predicted octanol–water partition coefficient (Wildman–Crippen LogP) is 0.917. The number of anilines is 1. The number of amides is 3. The first-order chi connectivity index (χ1) is 11.4. The third-order valence-corrected chi connectivity index (χ3v) is 3.89. The van der Waals surface area contributed by atoms with Gasteiger partial charge in [-0.05, 0) is 18.6 Å². The molecule has 1 aromatic carbocycles. The Bertz CT molecular complexity index is 634. The number of hydrogen-bond donors (Lipinski definition) is 2. The molecule has 2 N–H and O–H groups in total. The topological polar surface area (TPSA) is 99.2 Å². The lowest BCUT2D eigenvalue weighted by molar-refractivity contribution is -0.137. The van der Waals surface area contributed by atoms with E-state index in [4.69, 9.17) is 9.84 Å². The van der Waals surface area contributed by atoms with Gasteiger partial charge in [-0.2, -0.15) is 0 Å². The molecule has 1 saturated heterocycles. The Morgan fingerprint density at radius 2 is 2.12 bits per heavy atom. The van der Waals surface area contributed by atoms with Crippen LogP contribution in [0.5, 0.6) is 5.75 Å². The molecular formula is C16H21N3O5. The molecule has 24 heavy (non-hydrogen) atoms. The molecule has 1 aliphatic rings. The van der Waals surface area contributed by atoms with Gasteiger partial charge in [-0.1, -0.05) is 12.1 Å². The van der Waals surface area contributed by atoms with Crippen LogP contribution in [0.15, 0.2) is 24.3 Å². The molecule has 1 fully saturated rings. The first-order valence-electron chi connectivity index (χ1n) is 7.62. The SMILES string of the molecule is COc1ccccc1N1CCC(NC(=O)N(C)CCC(=O)O)C1=O. The monoisotopic (exact) mass is 335 g/mol. The van der Waals surface area contributed by atoms with Crippen molar-refractivity contribution >= 4 is 23.6 Å². The number of urea groups is 1. The Labute approximate surface area is 140 Å². The van der Waals surface area contributed by atoms with E-state index in [1.807, 2.05) is 12.1 Å². The van der Waals surface area contributed by atoms with Gasteiger partial charge in [0.15, 0.2) is 0 Å². The van der Waals surface area contributed by atoms with Crippen molar-refractivity contribution in [3.8, 4) is 5.75 Å². The second-order valence-corrected chi connectivity index (χ2v) is 5.52. The first kappa shape index (κ1) is 17.6. The van der Waals surface area contributed by atoms with Gasteiger partial charge in [0, 0.05) is 20.1 Å². The highest BCUT2D eigenvalue weighted by Crippen LogP contribution is 2.30. The summed E-state index contributed by atoms with van der Waals surface area (Å²) in [6, 6.07) is 6.11. The molecule has 1 aliphatic heterocycles. The van der Waals surface area contributed by atoms with E-state index >= 15 is 0 Å². The molecule has 0 radical (unpaired) electrons. The normalized spacial score (nSPS) is 16.8. The van der Waals surface area contributed by atoms with E-state index in [2.05, 4.69) is 5.32 Å². The minimum atomic E-state index is -0.978. The summed E-state index contributed by atoms with van der Waals surface area (Å²) in [5.41, 5.74) is 0.668. The number of aliphatic carboxylic acids is 1. The van der Waals surface area contributed by atoms with Crippen LogP contribution in [0.25, 0.3) is 0 Å². The summed E-state index contributed by atoms with van der Waals surface area (Å²) in [5.74, 6) is -0.593. The fourth-order valence-electron chi connectivity index (χ4n) is 2.53. The zero-order valence-electron chi connectivity index (χ0n) is 13.7. The van der Waals surface area contributed by atoms with Crippen LogP contribution in [0.4, 0.5) is 10.5 Å². The molecule has 0 bridgehead atoms. The first-order valence-corrected chi connectivity index (χ1v) is 7.62. The number of carboxylic acid groups (broad SMARTS) is 1. The number of para-hydroxylation sites is 2. The number of nitrogens with zero attached hydrogens (tertiary/aromatic N) is 2. The maximum atomic E-state index is 12.5. The van der Waals surface area contributed by atoms with Crippen LogP contribution in [-0.2, 0) is 9.59 Å². The van der Waals surface area contributed by atoms with Gasteiger partial charge in [0.05, 0.1) is 19.2 Å². The molecule has 0 aliphatic carbocycles. The van der Waals surface area contributed by atoms with Gasteiger partial charge in [-0.15, -0.1) is 0 Å². The molecular weight excluding hydrogens is 314 g/mol. The van der Waals surface area contributed by atoms with E-state index in [9.17, 15) is 14.4 Å². The van der Waals surface area contributed by atoms with Crippen LogP contribution in [-0.4, -0.2) is 61.2 Å². The summed E-state index contributed by atoms with van der Waals surface area (Å²) < 4.78 is 5.27. The van der Waals surface area contributed by atoms with Gasteiger partial charge in [0.25, 0.3) is 0 Å². The van der Waals surface area contributed by atoms with Crippen molar-refractivity contribution in [1.29, 1.82) is 0 Å². The highest BCUT2D eigenvalue weighted by atomic mass is 16.5. The fourth-order valence-corrected chi connectivity index (χ4v) is 2.53. The smallest absolute Gasteiger partial charge is 0.317 e. The zero-order chi connectivity index (χ0) is 17.7. The number of ether oxygens (including phenoxy) is 1. The van der Waals surface area contributed by atoms with Crippen molar-refractivity contribution in [2.45, 2.75) is 18.9 Å². The number of methoxy groups -OCH3 is 1. The lowest BCUT2D eigenvalue weighted by Gasteiger charge is -2.21. The van der Waals surface area contributed by atoms with E-state index in [1.165, 1.54) is 19.1 Å². The molecule has 0 saturated carbocycles. The van der Waals surface area contributed by atoms with Crippen LogP contribution < -0.4 is 15.0 Å². The number of carboxylic acids is 1. The number of nitrogens with one attached hydrogen (secondary N) is 1. The van der Waals surface area contributed by atoms with Crippen LogP contribution >= 0.6 is 0 Å². The van der Waals surface area contributed by atoms with Crippen molar-refractivity contribution in [3.05, 3.63) is 24.3 Å². The quantitative estimate of drug-likeness (QED) is 0.805. The number of carbonyl (C=O) groups excluding carboxylic acids is 2. The van der Waals surface area contributed by atoms with E-state index in [0.29, 0.717) is 24.4 Å². The minimum Gasteiger partial charge on any atom is -0.495 e. The second-order valence-electron chi connectivity index (χ2n) is 5.52. The summed E-state index contributed by atoms with van der Waals surface area (Å²) in [4.78, 5) is 38.0. The van der Waals surface area contributed by atoms with Crippen molar-refractivity contribution in [2.75, 3.05) is 32.1 Å². The van der Waals surface area contributed by atoms with Gasteiger partial charge < -0.3 is 25.0 Å². The molecule has 3 amide bonds. The molecule has 8 nitrogen and oxygen atoms in total. The Balaban J connectivity index is 1.99. The van der Waals surface area contributed by atoms with Gasteiger partial charge in [-0.25, -0.2) is 4.79 Å². The molecule has 2 rings (SSSR count). The minimum absolute atomic E-state index is 0.0816. The van der Waals surface area contributed by atoms with Gasteiger partial charge in [0.1, 0.15) is 11.8 Å². The molecule has 1 heterocycles. The Hall–Kier alpha value is -2.77. The van der Waals surface area contributed by atoms with Crippen molar-refractivity contribution in [2.24, 2.45) is 0 Å². The molecule has 130 valence electrons. The lowest BCUT2D eigenvalue weighted by atomic mass is 10.2. The second kappa shape index (κ2) is 7.67. The number of benzene rings is 1. The van der Waals surface area contributed by atoms with Gasteiger partial charge >= 0.3 is 12.0 Å². The molecule has 0 spiro atoms. The molecule has 1 atom stereocenters. The van der Waals surface area contributed by atoms with Crippen molar-refractivity contribution < 1.29 is 24.2 Å². The number of rotatable bonds is 6. The van der Waals surface area contributed by atoms with E-state index in [-0.39, 0.29) is 18.9 Å². The zero-order valence-corrected chi connectivity index (χ0v) is 13.7. The van der Waals surface area contributed by atoms with Gasteiger partial charge in [-0.3, -0.25) is 9.59 Å². The van der Waals surface area contributed by atoms with Gasteiger partial charge in [0.2, 0.25) is 5.91 Å². The third kappa shape index (κ3) is 3.95. The highest BCUT2D eigenvalue weighted by molar-refractivity contribution is 6.02. The number of hydrogen-bond acceptors (Lipinski definition) is 4. The Morgan fingerprint density at radius 3 is 2.79 bits per heavy atom. The van der Waals surface area contributed by atoms with Crippen molar-refractivity contribution in [1.82, 2.24) is 10.2 Å². The summed E-state index contributed by atoms with van der Waals surface area (Å²) in [6.07, 6.45) is 0.339. The highest BCUT2D eigenvalue weighted by Gasteiger charge is 2.35. The van der Waals surface area contributed by atoms with Crippen LogP contribution in [0, 0.1) is 0 Å². The third-order valence-electron chi connectivity index (χ3n) is 3.89. The molecule has 0 aromatic heterocycles. The van der Waals surface area contributed by atoms with Crippen LogP contribution in [0.1, 0.15) is 12.8 Å². The maximum absolute atomic E-state index is 12.5. The lowest BCUT2D eigenvalue weighted by Crippen LogP contribution is -2.47. The molecule has 8 heteroatoms. The summed E-state index contributed by atoms with van der Waals surface area (Å²) in [5, 5.41) is 11.3. The molecule has 1 unspecified atom stereocenters. The van der Waals surface area contributed by atoms with E-state index < -0.39 is 18.0 Å². The van der Waals surface area contributed by atoms with Crippen LogP contribution in [0.3, 0.4) is 0 Å². The fraction of sp³-hybridized carbons (Fsp3) is 0.438. The Morgan fingerprint density at radius 1 is 1.42 bits per heavy atom. The predicted molar refractivity (Wildman–Crippen MR) is 87.2 cm³/mol. The summed E-state index contributed by atoms with van der Waals surface area (Å²) in [7, 11) is 3.03. The summed E-state index contributed by atoms with van der Waals surface area (Å²) in [6.45, 7) is 0.557. The van der Waals surface area contributed by atoms with E-state index in [0.717, 1.165) is 0 Å². The average Bonchev–Trinajstić information content (AvgIpc) is 2.93. The average molecular weight is 335 g/mol. The molecule has 1 aromatic rings. The number of carbonyl (C=O) groups is 3. The largest absolute Gasteiger partial charge is 0.495 e. The van der Waals surface area contributed by atoms with Crippen LogP contribution in [0.2, 0.25) is 0 Å². The summed E-state index contributed by atoms with van der Waals surface area (Å²) >= 11 is 0. The standard InChI is InChI=1S/C16H21N3O5/c1-18(9-8-14(20)21)16(23)17-11-7-10-19(15(11)22)12-5-3-4-6-13(12)24-2/h3-6,11H,7-10H2,1-2H3,(H,17,23)(H,20,21). The van der Waals surface area contributed by atoms with E-state index in [1.54, 1.807) is 17.0 Å².